The van der Waals surface area contributed by atoms with Crippen molar-refractivity contribution in [2.45, 2.75) is 57.7 Å². The van der Waals surface area contributed by atoms with Crippen molar-refractivity contribution in [1.82, 2.24) is 20.1 Å². The molecular weight excluding hydrogens is 359 g/mol. The van der Waals surface area contributed by atoms with E-state index in [1.54, 1.807) is 6.07 Å². The van der Waals surface area contributed by atoms with Gasteiger partial charge in [-0.15, -0.1) is 0 Å². The summed E-state index contributed by atoms with van der Waals surface area (Å²) in [5, 5.41) is 3.13. The highest BCUT2D eigenvalue weighted by Gasteiger charge is 2.50. The van der Waals surface area contributed by atoms with Gasteiger partial charge in [-0.3, -0.25) is 19.5 Å². The number of carbonyl (C=O) groups is 2. The van der Waals surface area contributed by atoms with Crippen molar-refractivity contribution in [1.29, 1.82) is 0 Å². The van der Waals surface area contributed by atoms with Gasteiger partial charge >= 0.3 is 0 Å². The highest BCUT2D eigenvalue weighted by Crippen LogP contribution is 2.37. The van der Waals surface area contributed by atoms with Crippen molar-refractivity contribution in [3.8, 4) is 0 Å². The van der Waals surface area contributed by atoms with E-state index in [-0.39, 0.29) is 36.4 Å². The number of fused-ring (bicyclic) bond motifs is 1. The maximum Gasteiger partial charge on any atom is 0.237 e. The van der Waals surface area contributed by atoms with Gasteiger partial charge in [-0.05, 0) is 57.1 Å². The molecule has 3 aliphatic rings. The minimum absolute atomic E-state index is 0.0203. The van der Waals surface area contributed by atoms with Gasteiger partial charge in [0.15, 0.2) is 0 Å². The van der Waals surface area contributed by atoms with Crippen LogP contribution in [0.15, 0.2) is 18.3 Å². The number of hydrogen-bond donors (Lipinski definition) is 1. The molecule has 152 valence electrons. The Labute approximate surface area is 165 Å². The van der Waals surface area contributed by atoms with Crippen LogP contribution in [0.5, 0.6) is 0 Å². The Balaban J connectivity index is 1.37. The van der Waals surface area contributed by atoms with Crippen LogP contribution in [0.3, 0.4) is 0 Å². The zero-order chi connectivity index (χ0) is 19.8. The smallest absolute Gasteiger partial charge is 0.237 e. The molecule has 1 aromatic rings. The Morgan fingerprint density at radius 2 is 2.07 bits per heavy atom. The molecule has 0 aromatic carbocycles. The molecule has 6 nitrogen and oxygen atoms in total. The predicted octanol–water partition coefficient (Wildman–Crippen LogP) is 1.60. The first-order valence-electron chi connectivity index (χ1n) is 10.4. The number of carbonyl (C=O) groups excluding carboxylic acids is 2. The number of likely N-dealkylation sites (tertiary alicyclic amines) is 2. The van der Waals surface area contributed by atoms with E-state index in [1.807, 2.05) is 4.90 Å². The molecule has 0 radical (unpaired) electrons. The fourth-order valence-corrected chi connectivity index (χ4v) is 4.71. The average molecular weight is 388 g/mol. The van der Waals surface area contributed by atoms with Crippen LogP contribution in [-0.4, -0.2) is 64.4 Å². The maximum atomic E-state index is 13.0. The number of hydrogen-bond acceptors (Lipinski definition) is 4. The normalized spacial score (nSPS) is 27.3. The van der Waals surface area contributed by atoms with Crippen LogP contribution in [-0.2, 0) is 16.0 Å². The molecule has 2 amide bonds. The van der Waals surface area contributed by atoms with E-state index in [9.17, 15) is 14.0 Å². The van der Waals surface area contributed by atoms with Crippen molar-refractivity contribution >= 4 is 11.8 Å². The molecule has 3 heterocycles. The molecule has 1 saturated carbocycles. The molecule has 1 aliphatic carbocycles. The van der Waals surface area contributed by atoms with Gasteiger partial charge in [0.05, 0.1) is 18.7 Å². The fourth-order valence-electron chi connectivity index (χ4n) is 4.71. The number of pyridine rings is 1. The van der Waals surface area contributed by atoms with Gasteiger partial charge in [-0.2, -0.15) is 0 Å². The minimum Gasteiger partial charge on any atom is -0.354 e. The third-order valence-electron chi connectivity index (χ3n) is 6.31. The van der Waals surface area contributed by atoms with Gasteiger partial charge in [0.1, 0.15) is 5.82 Å². The summed E-state index contributed by atoms with van der Waals surface area (Å²) in [7, 11) is 0. The Morgan fingerprint density at radius 3 is 2.71 bits per heavy atom. The monoisotopic (exact) mass is 388 g/mol. The van der Waals surface area contributed by atoms with Gasteiger partial charge < -0.3 is 10.2 Å². The largest absolute Gasteiger partial charge is 0.354 e. The highest BCUT2D eigenvalue weighted by atomic mass is 19.1. The second-order valence-corrected chi connectivity index (χ2v) is 8.75. The third-order valence-corrected chi connectivity index (χ3v) is 6.31. The summed E-state index contributed by atoms with van der Waals surface area (Å²) in [5.41, 5.74) is 0.585. The lowest BCUT2D eigenvalue weighted by Gasteiger charge is -2.33. The molecule has 2 aliphatic heterocycles. The number of nitrogens with one attached hydrogen (secondary N) is 1. The lowest BCUT2D eigenvalue weighted by molar-refractivity contribution is -0.130. The van der Waals surface area contributed by atoms with E-state index in [0.29, 0.717) is 30.6 Å². The summed E-state index contributed by atoms with van der Waals surface area (Å²) in [6, 6.07) is 3.27. The first-order chi connectivity index (χ1) is 13.4. The first kappa shape index (κ1) is 19.3. The van der Waals surface area contributed by atoms with Crippen molar-refractivity contribution in [2.75, 3.05) is 19.6 Å². The Kier molecular flexibility index (Phi) is 5.36. The SMILES string of the molecule is CC(C)N1[C@H](C(=O)NCC2CC2)C[C@@H]2CN(C(=O)Cc3ccc(F)cn3)C[C@@H]21. The van der Waals surface area contributed by atoms with Gasteiger partial charge in [0.2, 0.25) is 11.8 Å². The minimum atomic E-state index is -0.398. The molecule has 1 aromatic heterocycles. The number of amides is 2. The molecule has 3 fully saturated rings. The second kappa shape index (κ2) is 7.78. The molecule has 2 saturated heterocycles. The fraction of sp³-hybridized carbons (Fsp3) is 0.667. The van der Waals surface area contributed by atoms with Crippen molar-refractivity contribution in [3.05, 3.63) is 29.8 Å². The predicted molar refractivity (Wildman–Crippen MR) is 103 cm³/mol. The molecule has 7 heteroatoms. The lowest BCUT2D eigenvalue weighted by Crippen LogP contribution is -2.51. The number of nitrogens with zero attached hydrogens (tertiary/aromatic N) is 3. The lowest BCUT2D eigenvalue weighted by atomic mass is 10.0. The van der Waals surface area contributed by atoms with E-state index < -0.39 is 5.82 Å². The summed E-state index contributed by atoms with van der Waals surface area (Å²) in [6.07, 6.45) is 4.59. The van der Waals surface area contributed by atoms with Crippen LogP contribution in [0, 0.1) is 17.7 Å². The third kappa shape index (κ3) is 4.04. The zero-order valence-electron chi connectivity index (χ0n) is 16.6. The van der Waals surface area contributed by atoms with E-state index in [0.717, 1.165) is 19.2 Å². The van der Waals surface area contributed by atoms with Crippen LogP contribution >= 0.6 is 0 Å². The van der Waals surface area contributed by atoms with E-state index >= 15 is 0 Å². The summed E-state index contributed by atoms with van der Waals surface area (Å²) in [4.78, 5) is 33.6. The van der Waals surface area contributed by atoms with Crippen molar-refractivity contribution in [3.63, 3.8) is 0 Å². The maximum absolute atomic E-state index is 13.0. The molecule has 1 N–H and O–H groups in total. The molecule has 0 spiro atoms. The second-order valence-electron chi connectivity index (χ2n) is 8.75. The molecule has 28 heavy (non-hydrogen) atoms. The Bertz CT molecular complexity index is 734. The van der Waals surface area contributed by atoms with Gasteiger partial charge in [-0.1, -0.05) is 0 Å². The molecule has 0 unspecified atom stereocenters. The van der Waals surface area contributed by atoms with Crippen LogP contribution in [0.25, 0.3) is 0 Å². The molecule has 0 bridgehead atoms. The van der Waals surface area contributed by atoms with Crippen LogP contribution < -0.4 is 5.32 Å². The summed E-state index contributed by atoms with van der Waals surface area (Å²) < 4.78 is 13.0. The quantitative estimate of drug-likeness (QED) is 0.804. The van der Waals surface area contributed by atoms with Gasteiger partial charge in [0.25, 0.3) is 0 Å². The Morgan fingerprint density at radius 1 is 1.29 bits per heavy atom. The molecule has 3 atom stereocenters. The Hall–Kier alpha value is -2.02. The topological polar surface area (TPSA) is 65.5 Å². The summed E-state index contributed by atoms with van der Waals surface area (Å²) in [6.45, 7) is 6.37. The van der Waals surface area contributed by atoms with E-state index in [4.69, 9.17) is 0 Å². The average Bonchev–Trinajstić information content (AvgIpc) is 3.28. The summed E-state index contributed by atoms with van der Waals surface area (Å²) in [5.74, 6) is 0.760. The van der Waals surface area contributed by atoms with Gasteiger partial charge in [0, 0.05) is 37.4 Å². The van der Waals surface area contributed by atoms with Crippen LogP contribution in [0.2, 0.25) is 0 Å². The highest BCUT2D eigenvalue weighted by molar-refractivity contribution is 5.83. The number of aromatic nitrogens is 1. The first-order valence-corrected chi connectivity index (χ1v) is 10.4. The molecular formula is C21H29FN4O2. The van der Waals surface area contributed by atoms with Crippen molar-refractivity contribution in [2.24, 2.45) is 11.8 Å². The van der Waals surface area contributed by atoms with Crippen LogP contribution in [0.1, 0.15) is 38.8 Å². The zero-order valence-corrected chi connectivity index (χ0v) is 16.6. The van der Waals surface area contributed by atoms with E-state index in [1.165, 1.54) is 18.9 Å². The number of halogens is 1. The van der Waals surface area contributed by atoms with Gasteiger partial charge in [-0.25, -0.2) is 4.39 Å². The van der Waals surface area contributed by atoms with Crippen molar-refractivity contribution < 1.29 is 14.0 Å². The van der Waals surface area contributed by atoms with Crippen LogP contribution in [0.4, 0.5) is 4.39 Å². The number of rotatable bonds is 6. The molecule has 4 rings (SSSR count). The van der Waals surface area contributed by atoms with E-state index in [2.05, 4.69) is 29.0 Å². The summed E-state index contributed by atoms with van der Waals surface area (Å²) >= 11 is 0. The standard InChI is InChI=1S/C21H29FN4O2/c1-13(2)26-18(21(28)24-9-14-3-4-14)7-15-11-25(12-19(15)26)20(27)8-17-6-5-16(22)10-23-17/h5-6,10,13-15,18-19H,3-4,7-9,11-12H2,1-2H3,(H,24,28)/t15-,18+,19+/m1/s1.